The van der Waals surface area contributed by atoms with Crippen molar-refractivity contribution in [2.75, 3.05) is 24.8 Å². The number of halogens is 1. The van der Waals surface area contributed by atoms with Crippen molar-refractivity contribution in [3.63, 3.8) is 0 Å². The van der Waals surface area contributed by atoms with Crippen molar-refractivity contribution in [3.8, 4) is 5.75 Å². The molecular weight excluding hydrogens is 264 g/mol. The minimum Gasteiger partial charge on any atom is -0.497 e. The van der Waals surface area contributed by atoms with Gasteiger partial charge in [0, 0.05) is 12.7 Å². The molecule has 1 aromatic heterocycles. The highest BCUT2D eigenvalue weighted by atomic mass is 35.5. The molecule has 0 aliphatic heterocycles. The van der Waals surface area contributed by atoms with Crippen LogP contribution in [-0.2, 0) is 0 Å². The van der Waals surface area contributed by atoms with Crippen molar-refractivity contribution < 1.29 is 4.74 Å². The largest absolute Gasteiger partial charge is 0.497 e. The maximum Gasteiger partial charge on any atom is 0.224 e. The summed E-state index contributed by atoms with van der Waals surface area (Å²) in [6.07, 6.45) is 0. The Labute approximate surface area is 117 Å². The molecule has 0 bridgehead atoms. The smallest absolute Gasteiger partial charge is 0.224 e. The molecule has 19 heavy (non-hydrogen) atoms. The second kappa shape index (κ2) is 5.32. The van der Waals surface area contributed by atoms with E-state index in [4.69, 9.17) is 22.1 Å². The number of nitrogen functional groups attached to an aromatic ring is 1. The summed E-state index contributed by atoms with van der Waals surface area (Å²) in [5, 5.41) is 0.182. The van der Waals surface area contributed by atoms with E-state index in [0.29, 0.717) is 17.2 Å². The van der Waals surface area contributed by atoms with Crippen LogP contribution in [0, 0.1) is 6.92 Å². The molecule has 0 fully saturated rings. The van der Waals surface area contributed by atoms with E-state index < -0.39 is 0 Å². The second-order valence-electron chi connectivity index (χ2n) is 4.07. The van der Waals surface area contributed by atoms with Crippen LogP contribution >= 0.6 is 11.6 Å². The molecule has 1 heterocycles. The van der Waals surface area contributed by atoms with Crippen LogP contribution in [0.3, 0.4) is 0 Å². The van der Waals surface area contributed by atoms with Crippen molar-refractivity contribution in [2.45, 2.75) is 6.92 Å². The van der Waals surface area contributed by atoms with Gasteiger partial charge in [-0.2, -0.15) is 4.98 Å². The Morgan fingerprint density at radius 3 is 2.42 bits per heavy atom. The number of benzene rings is 1. The van der Waals surface area contributed by atoms with Crippen molar-refractivity contribution >= 4 is 28.8 Å². The van der Waals surface area contributed by atoms with E-state index in [-0.39, 0.29) is 5.28 Å². The van der Waals surface area contributed by atoms with Gasteiger partial charge in [0.1, 0.15) is 5.75 Å². The SMILES string of the molecule is COc1ccc(N(C)c2nc(Cl)nc(C)c2N)cc1. The van der Waals surface area contributed by atoms with E-state index in [1.54, 1.807) is 14.0 Å². The lowest BCUT2D eigenvalue weighted by Crippen LogP contribution is -2.15. The first-order valence-corrected chi connectivity index (χ1v) is 6.08. The lowest BCUT2D eigenvalue weighted by Gasteiger charge is -2.20. The lowest BCUT2D eigenvalue weighted by molar-refractivity contribution is 0.415. The van der Waals surface area contributed by atoms with Gasteiger partial charge >= 0.3 is 0 Å². The third-order valence-electron chi connectivity index (χ3n) is 2.87. The van der Waals surface area contributed by atoms with E-state index in [9.17, 15) is 0 Å². The summed E-state index contributed by atoms with van der Waals surface area (Å²) < 4.78 is 5.13. The van der Waals surface area contributed by atoms with Crippen molar-refractivity contribution in [2.24, 2.45) is 0 Å². The van der Waals surface area contributed by atoms with E-state index in [0.717, 1.165) is 11.4 Å². The third kappa shape index (κ3) is 2.71. The summed E-state index contributed by atoms with van der Waals surface area (Å²) in [5.41, 5.74) is 8.11. The molecule has 0 radical (unpaired) electrons. The van der Waals surface area contributed by atoms with Gasteiger partial charge in [0.2, 0.25) is 5.28 Å². The second-order valence-corrected chi connectivity index (χ2v) is 4.41. The lowest BCUT2D eigenvalue weighted by atomic mass is 10.2. The number of rotatable bonds is 3. The predicted molar refractivity (Wildman–Crippen MR) is 77.2 cm³/mol. The van der Waals surface area contributed by atoms with Gasteiger partial charge in [-0.3, -0.25) is 0 Å². The van der Waals surface area contributed by atoms with Gasteiger partial charge in [-0.1, -0.05) is 0 Å². The molecule has 0 aliphatic rings. The Bertz CT molecular complexity index is 586. The first kappa shape index (κ1) is 13.4. The van der Waals surface area contributed by atoms with Crippen LogP contribution in [0.15, 0.2) is 24.3 Å². The van der Waals surface area contributed by atoms with Crippen LogP contribution < -0.4 is 15.4 Å². The van der Waals surface area contributed by atoms with Gasteiger partial charge < -0.3 is 15.4 Å². The average Bonchev–Trinajstić information content (AvgIpc) is 2.42. The fourth-order valence-corrected chi connectivity index (χ4v) is 1.92. The quantitative estimate of drug-likeness (QED) is 0.875. The van der Waals surface area contributed by atoms with Gasteiger partial charge in [-0.25, -0.2) is 4.98 Å². The Hall–Kier alpha value is -2.01. The van der Waals surface area contributed by atoms with Crippen LogP contribution in [0.4, 0.5) is 17.2 Å². The predicted octanol–water partition coefficient (Wildman–Crippen LogP) is 2.80. The monoisotopic (exact) mass is 278 g/mol. The normalized spacial score (nSPS) is 10.3. The number of ether oxygens (including phenoxy) is 1. The summed E-state index contributed by atoms with van der Waals surface area (Å²) in [6, 6.07) is 7.59. The van der Waals surface area contributed by atoms with E-state index in [1.165, 1.54) is 0 Å². The molecule has 5 nitrogen and oxygen atoms in total. The summed E-state index contributed by atoms with van der Waals surface area (Å²) in [7, 11) is 3.50. The highest BCUT2D eigenvalue weighted by molar-refractivity contribution is 6.28. The van der Waals surface area contributed by atoms with Crippen LogP contribution in [0.25, 0.3) is 0 Å². The number of anilines is 3. The topological polar surface area (TPSA) is 64.3 Å². The molecule has 0 spiro atoms. The molecule has 6 heteroatoms. The van der Waals surface area contributed by atoms with Crippen molar-refractivity contribution in [1.29, 1.82) is 0 Å². The first-order valence-electron chi connectivity index (χ1n) is 5.70. The molecule has 100 valence electrons. The minimum atomic E-state index is 0.182. The standard InChI is InChI=1S/C13H15ClN4O/c1-8-11(15)12(17-13(14)16-8)18(2)9-4-6-10(19-3)7-5-9/h4-7H,15H2,1-3H3. The Kier molecular flexibility index (Phi) is 3.76. The molecule has 0 saturated heterocycles. The van der Waals surface area contributed by atoms with Gasteiger partial charge in [-0.15, -0.1) is 0 Å². The van der Waals surface area contributed by atoms with Gasteiger partial charge in [0.05, 0.1) is 18.5 Å². The van der Waals surface area contributed by atoms with E-state index in [1.807, 2.05) is 36.2 Å². The maximum absolute atomic E-state index is 6.00. The van der Waals surface area contributed by atoms with Crippen LogP contribution in [0.2, 0.25) is 5.28 Å². The van der Waals surface area contributed by atoms with Crippen molar-refractivity contribution in [1.82, 2.24) is 9.97 Å². The molecule has 1 aromatic carbocycles. The molecule has 0 unspecified atom stereocenters. The van der Waals surface area contributed by atoms with Gasteiger partial charge in [-0.05, 0) is 42.8 Å². The maximum atomic E-state index is 6.00. The number of hydrogen-bond acceptors (Lipinski definition) is 5. The zero-order valence-corrected chi connectivity index (χ0v) is 11.8. The molecule has 0 atom stereocenters. The average molecular weight is 279 g/mol. The zero-order chi connectivity index (χ0) is 14.0. The molecule has 0 saturated carbocycles. The van der Waals surface area contributed by atoms with E-state index in [2.05, 4.69) is 9.97 Å². The Balaban J connectivity index is 2.40. The third-order valence-corrected chi connectivity index (χ3v) is 3.04. The molecular formula is C13H15ClN4O. The van der Waals surface area contributed by atoms with Crippen LogP contribution in [-0.4, -0.2) is 24.1 Å². The van der Waals surface area contributed by atoms with Crippen LogP contribution in [0.5, 0.6) is 5.75 Å². The van der Waals surface area contributed by atoms with Gasteiger partial charge in [0.25, 0.3) is 0 Å². The highest BCUT2D eigenvalue weighted by Gasteiger charge is 2.13. The number of aromatic nitrogens is 2. The van der Waals surface area contributed by atoms with Crippen molar-refractivity contribution in [3.05, 3.63) is 35.2 Å². The molecule has 2 aromatic rings. The summed E-state index contributed by atoms with van der Waals surface area (Å²) in [4.78, 5) is 10.1. The van der Waals surface area contributed by atoms with Gasteiger partial charge in [0.15, 0.2) is 5.82 Å². The number of methoxy groups -OCH3 is 1. The highest BCUT2D eigenvalue weighted by Crippen LogP contribution is 2.30. The molecule has 2 rings (SSSR count). The summed E-state index contributed by atoms with van der Waals surface area (Å²) >= 11 is 5.88. The summed E-state index contributed by atoms with van der Waals surface area (Å²) in [5.74, 6) is 1.38. The first-order chi connectivity index (χ1) is 9.02. The zero-order valence-electron chi connectivity index (χ0n) is 11.0. The summed E-state index contributed by atoms with van der Waals surface area (Å²) in [6.45, 7) is 1.80. The fourth-order valence-electron chi connectivity index (χ4n) is 1.72. The minimum absolute atomic E-state index is 0.182. The Morgan fingerprint density at radius 2 is 1.84 bits per heavy atom. The Morgan fingerprint density at radius 1 is 1.21 bits per heavy atom. The molecule has 0 amide bonds. The fraction of sp³-hybridized carbons (Fsp3) is 0.231. The van der Waals surface area contributed by atoms with E-state index >= 15 is 0 Å². The number of nitrogens with zero attached hydrogens (tertiary/aromatic N) is 3. The number of aryl methyl sites for hydroxylation is 1. The number of nitrogens with two attached hydrogens (primary N) is 1. The number of hydrogen-bond donors (Lipinski definition) is 1. The molecule has 0 aliphatic carbocycles. The molecule has 2 N–H and O–H groups in total. The van der Waals surface area contributed by atoms with Crippen LogP contribution in [0.1, 0.15) is 5.69 Å².